The van der Waals surface area contributed by atoms with Gasteiger partial charge in [0, 0.05) is 17.8 Å². The summed E-state index contributed by atoms with van der Waals surface area (Å²) in [6, 6.07) is 7.41. The summed E-state index contributed by atoms with van der Waals surface area (Å²) in [7, 11) is 0. The number of hydrogen-bond donors (Lipinski definition) is 2. The lowest BCUT2D eigenvalue weighted by molar-refractivity contribution is -0.136. The SMILES string of the molecule is CCC1CCC(C)N1C(=O)Nc1ccccc1CC(=O)O. The first-order chi connectivity index (χ1) is 10.0. The number of amides is 2. The highest BCUT2D eigenvalue weighted by molar-refractivity contribution is 5.91. The van der Waals surface area contributed by atoms with Crippen molar-refractivity contribution in [1.82, 2.24) is 4.90 Å². The molecule has 0 spiro atoms. The Morgan fingerprint density at radius 2 is 2.05 bits per heavy atom. The third-order valence-corrected chi connectivity index (χ3v) is 4.09. The van der Waals surface area contributed by atoms with Gasteiger partial charge in [-0.25, -0.2) is 4.79 Å². The summed E-state index contributed by atoms with van der Waals surface area (Å²) in [5.41, 5.74) is 1.21. The zero-order valence-electron chi connectivity index (χ0n) is 12.5. The van der Waals surface area contributed by atoms with Gasteiger partial charge in [-0.05, 0) is 37.8 Å². The summed E-state index contributed by atoms with van der Waals surface area (Å²) in [5, 5.41) is 11.8. The third kappa shape index (κ3) is 3.54. The van der Waals surface area contributed by atoms with E-state index in [1.807, 2.05) is 4.90 Å². The predicted octanol–water partition coefficient (Wildman–Crippen LogP) is 3.11. The van der Waals surface area contributed by atoms with Gasteiger partial charge in [-0.1, -0.05) is 25.1 Å². The molecule has 1 heterocycles. The summed E-state index contributed by atoms with van der Waals surface area (Å²) in [6.45, 7) is 4.14. The standard InChI is InChI=1S/C16H22N2O3/c1-3-13-9-8-11(2)18(13)16(21)17-14-7-5-4-6-12(14)10-15(19)20/h4-7,11,13H,3,8-10H2,1-2H3,(H,17,21)(H,19,20). The quantitative estimate of drug-likeness (QED) is 0.895. The predicted molar refractivity (Wildman–Crippen MR) is 81.4 cm³/mol. The van der Waals surface area contributed by atoms with Crippen LogP contribution in [0.4, 0.5) is 10.5 Å². The number of likely N-dealkylation sites (tertiary alicyclic amines) is 1. The lowest BCUT2D eigenvalue weighted by Crippen LogP contribution is -2.42. The first kappa shape index (κ1) is 15.4. The molecule has 21 heavy (non-hydrogen) atoms. The van der Waals surface area contributed by atoms with E-state index in [1.165, 1.54) is 0 Å². The number of carboxylic acids is 1. The number of benzene rings is 1. The summed E-state index contributed by atoms with van der Waals surface area (Å²) < 4.78 is 0. The van der Waals surface area contributed by atoms with E-state index < -0.39 is 5.97 Å². The molecule has 114 valence electrons. The van der Waals surface area contributed by atoms with Gasteiger partial charge in [0.05, 0.1) is 6.42 Å². The minimum Gasteiger partial charge on any atom is -0.481 e. The molecule has 0 aromatic heterocycles. The smallest absolute Gasteiger partial charge is 0.322 e. The highest BCUT2D eigenvalue weighted by Crippen LogP contribution is 2.27. The van der Waals surface area contributed by atoms with E-state index in [9.17, 15) is 9.59 Å². The second-order valence-electron chi connectivity index (χ2n) is 5.55. The van der Waals surface area contributed by atoms with Crippen LogP contribution in [0.15, 0.2) is 24.3 Å². The number of urea groups is 1. The van der Waals surface area contributed by atoms with Crippen LogP contribution in [0.25, 0.3) is 0 Å². The first-order valence-electron chi connectivity index (χ1n) is 7.42. The van der Waals surface area contributed by atoms with Gasteiger partial charge in [-0.15, -0.1) is 0 Å². The van der Waals surface area contributed by atoms with Crippen LogP contribution in [-0.4, -0.2) is 34.1 Å². The molecule has 0 bridgehead atoms. The first-order valence-corrected chi connectivity index (χ1v) is 7.42. The van der Waals surface area contributed by atoms with Gasteiger partial charge in [0.1, 0.15) is 0 Å². The lowest BCUT2D eigenvalue weighted by atomic mass is 10.1. The van der Waals surface area contributed by atoms with Crippen LogP contribution in [0.2, 0.25) is 0 Å². The normalized spacial score (nSPS) is 21.3. The van der Waals surface area contributed by atoms with Crippen LogP contribution >= 0.6 is 0 Å². The number of nitrogens with one attached hydrogen (secondary N) is 1. The fourth-order valence-electron chi connectivity index (χ4n) is 2.98. The zero-order chi connectivity index (χ0) is 15.4. The van der Waals surface area contributed by atoms with Crippen molar-refractivity contribution < 1.29 is 14.7 Å². The van der Waals surface area contributed by atoms with Crippen LogP contribution in [0.5, 0.6) is 0 Å². The molecule has 5 nitrogen and oxygen atoms in total. The van der Waals surface area contributed by atoms with E-state index in [-0.39, 0.29) is 24.5 Å². The zero-order valence-corrected chi connectivity index (χ0v) is 12.5. The number of anilines is 1. The average molecular weight is 290 g/mol. The van der Waals surface area contributed by atoms with Gasteiger partial charge in [-0.2, -0.15) is 0 Å². The highest BCUT2D eigenvalue weighted by atomic mass is 16.4. The molecule has 1 fully saturated rings. The molecule has 2 unspecified atom stereocenters. The number of nitrogens with zero attached hydrogens (tertiary/aromatic N) is 1. The van der Waals surface area contributed by atoms with E-state index >= 15 is 0 Å². The van der Waals surface area contributed by atoms with Crippen LogP contribution in [0.1, 0.15) is 38.7 Å². The van der Waals surface area contributed by atoms with E-state index in [4.69, 9.17) is 5.11 Å². The molecule has 1 aromatic rings. The minimum atomic E-state index is -0.905. The molecule has 5 heteroatoms. The number of carboxylic acid groups (broad SMARTS) is 1. The minimum absolute atomic E-state index is 0.0940. The maximum atomic E-state index is 12.5. The summed E-state index contributed by atoms with van der Waals surface area (Å²) >= 11 is 0. The largest absolute Gasteiger partial charge is 0.481 e. The van der Waals surface area contributed by atoms with Crippen molar-refractivity contribution in [3.63, 3.8) is 0 Å². The monoisotopic (exact) mass is 290 g/mol. The molecule has 2 N–H and O–H groups in total. The number of carbonyl (C=O) groups excluding carboxylic acids is 1. The van der Waals surface area contributed by atoms with Gasteiger partial charge < -0.3 is 15.3 Å². The van der Waals surface area contributed by atoms with Crippen molar-refractivity contribution >= 4 is 17.7 Å². The lowest BCUT2D eigenvalue weighted by Gasteiger charge is -2.28. The van der Waals surface area contributed by atoms with E-state index in [0.29, 0.717) is 11.3 Å². The number of para-hydroxylation sites is 1. The van der Waals surface area contributed by atoms with Crippen molar-refractivity contribution in [3.05, 3.63) is 29.8 Å². The summed E-state index contributed by atoms with van der Waals surface area (Å²) in [4.78, 5) is 25.3. The Kier molecular flexibility index (Phi) is 4.83. The Balaban J connectivity index is 2.14. The Labute approximate surface area is 125 Å². The Morgan fingerprint density at radius 3 is 2.71 bits per heavy atom. The van der Waals surface area contributed by atoms with E-state index in [1.54, 1.807) is 24.3 Å². The summed E-state index contributed by atoms with van der Waals surface area (Å²) in [5.74, 6) is -0.905. The third-order valence-electron chi connectivity index (χ3n) is 4.09. The van der Waals surface area contributed by atoms with Crippen molar-refractivity contribution in [3.8, 4) is 0 Å². The number of carbonyl (C=O) groups is 2. The molecule has 2 amide bonds. The van der Waals surface area contributed by atoms with E-state index in [2.05, 4.69) is 19.2 Å². The fourth-order valence-corrected chi connectivity index (χ4v) is 2.98. The fraction of sp³-hybridized carbons (Fsp3) is 0.500. The Hall–Kier alpha value is -2.04. The Bertz CT molecular complexity index is 530. The summed E-state index contributed by atoms with van der Waals surface area (Å²) in [6.07, 6.45) is 2.89. The van der Waals surface area contributed by atoms with Crippen molar-refractivity contribution in [1.29, 1.82) is 0 Å². The maximum absolute atomic E-state index is 12.5. The molecular weight excluding hydrogens is 268 g/mol. The Morgan fingerprint density at radius 1 is 1.33 bits per heavy atom. The highest BCUT2D eigenvalue weighted by Gasteiger charge is 2.33. The van der Waals surface area contributed by atoms with Crippen molar-refractivity contribution in [2.24, 2.45) is 0 Å². The molecule has 2 atom stereocenters. The maximum Gasteiger partial charge on any atom is 0.322 e. The van der Waals surface area contributed by atoms with Gasteiger partial charge in [0.15, 0.2) is 0 Å². The van der Waals surface area contributed by atoms with E-state index in [0.717, 1.165) is 19.3 Å². The van der Waals surface area contributed by atoms with Crippen LogP contribution in [0, 0.1) is 0 Å². The van der Waals surface area contributed by atoms with Crippen LogP contribution in [0.3, 0.4) is 0 Å². The number of hydrogen-bond acceptors (Lipinski definition) is 2. The van der Waals surface area contributed by atoms with Crippen LogP contribution in [-0.2, 0) is 11.2 Å². The molecule has 0 aliphatic carbocycles. The molecule has 1 aliphatic heterocycles. The van der Waals surface area contributed by atoms with Crippen molar-refractivity contribution in [2.75, 3.05) is 5.32 Å². The second-order valence-corrected chi connectivity index (χ2v) is 5.55. The van der Waals surface area contributed by atoms with Gasteiger partial charge in [0.25, 0.3) is 0 Å². The number of aliphatic carboxylic acids is 1. The van der Waals surface area contributed by atoms with Gasteiger partial charge in [0.2, 0.25) is 0 Å². The molecule has 0 radical (unpaired) electrons. The molecule has 1 aromatic carbocycles. The molecular formula is C16H22N2O3. The van der Waals surface area contributed by atoms with Crippen molar-refractivity contribution in [2.45, 2.75) is 51.6 Å². The van der Waals surface area contributed by atoms with Gasteiger partial charge in [-0.3, -0.25) is 4.79 Å². The second kappa shape index (κ2) is 6.61. The van der Waals surface area contributed by atoms with Gasteiger partial charge >= 0.3 is 12.0 Å². The average Bonchev–Trinajstić information content (AvgIpc) is 2.81. The topological polar surface area (TPSA) is 69.6 Å². The molecule has 0 saturated carbocycles. The van der Waals surface area contributed by atoms with Crippen LogP contribution < -0.4 is 5.32 Å². The molecule has 1 saturated heterocycles. The molecule has 1 aliphatic rings. The molecule has 2 rings (SSSR count). The number of rotatable bonds is 4.